The van der Waals surface area contributed by atoms with Crippen LogP contribution in [0.5, 0.6) is 5.75 Å². The maximum Gasteiger partial charge on any atom is 0.389 e. The Hall–Kier alpha value is -1.30. The Morgan fingerprint density at radius 2 is 2.00 bits per heavy atom. The summed E-state index contributed by atoms with van der Waals surface area (Å²) in [5, 5.41) is 2.97. The first kappa shape index (κ1) is 15.8. The molecule has 1 N–H and O–H groups in total. The minimum atomic E-state index is -4.19. The number of hydrogen-bond acceptors (Lipinski definition) is 2. The lowest BCUT2D eigenvalue weighted by molar-refractivity contribution is -0.136. The monoisotopic (exact) mass is 279 g/mol. The Kier molecular flexibility index (Phi) is 5.60. The van der Waals surface area contributed by atoms with Crippen LogP contribution in [0.4, 0.5) is 17.6 Å². The molecule has 6 heteroatoms. The lowest BCUT2D eigenvalue weighted by Crippen LogP contribution is -2.15. The van der Waals surface area contributed by atoms with E-state index in [0.717, 1.165) is 5.56 Å². The smallest absolute Gasteiger partial charge is 0.389 e. The Balaban J connectivity index is 2.63. The fourth-order valence-electron chi connectivity index (χ4n) is 1.60. The van der Waals surface area contributed by atoms with E-state index in [1.807, 2.05) is 6.92 Å². The van der Waals surface area contributed by atoms with E-state index in [-0.39, 0.29) is 24.8 Å². The van der Waals surface area contributed by atoms with Crippen LogP contribution in [-0.4, -0.2) is 19.8 Å². The molecule has 1 rings (SSSR count). The summed E-state index contributed by atoms with van der Waals surface area (Å²) >= 11 is 0. The molecule has 1 aromatic carbocycles. The van der Waals surface area contributed by atoms with Crippen LogP contribution in [0.2, 0.25) is 0 Å². The van der Waals surface area contributed by atoms with Crippen LogP contribution in [0.15, 0.2) is 18.2 Å². The largest absolute Gasteiger partial charge is 0.493 e. The number of nitrogens with one attached hydrogen (secondary N) is 1. The van der Waals surface area contributed by atoms with Crippen molar-refractivity contribution in [3.63, 3.8) is 0 Å². The van der Waals surface area contributed by atoms with Crippen molar-refractivity contribution in [3.05, 3.63) is 29.6 Å². The molecule has 108 valence electrons. The van der Waals surface area contributed by atoms with E-state index in [4.69, 9.17) is 4.74 Å². The Bertz CT molecular complexity index is 406. The summed E-state index contributed by atoms with van der Waals surface area (Å²) < 4.78 is 54.3. The van der Waals surface area contributed by atoms with Gasteiger partial charge in [0.25, 0.3) is 0 Å². The van der Waals surface area contributed by atoms with Crippen LogP contribution < -0.4 is 10.1 Å². The Labute approximate surface area is 109 Å². The van der Waals surface area contributed by atoms with Gasteiger partial charge in [-0.3, -0.25) is 0 Å². The molecule has 0 amide bonds. The molecule has 0 saturated heterocycles. The summed E-state index contributed by atoms with van der Waals surface area (Å²) in [6, 6.07) is 3.98. The maximum absolute atomic E-state index is 13.1. The lowest BCUT2D eigenvalue weighted by atomic mass is 10.1. The third-order valence-corrected chi connectivity index (χ3v) is 2.74. The van der Waals surface area contributed by atoms with Crippen LogP contribution in [0, 0.1) is 5.82 Å². The van der Waals surface area contributed by atoms with E-state index >= 15 is 0 Å². The van der Waals surface area contributed by atoms with Crippen molar-refractivity contribution in [2.45, 2.75) is 32.0 Å². The normalized spacial score (nSPS) is 13.4. The van der Waals surface area contributed by atoms with Gasteiger partial charge in [0, 0.05) is 24.1 Å². The number of rotatable bonds is 6. The zero-order chi connectivity index (χ0) is 14.5. The SMILES string of the molecule is CNC(C)c1ccc(F)cc1OCCCC(F)(F)F. The van der Waals surface area contributed by atoms with Gasteiger partial charge >= 0.3 is 6.18 Å². The molecule has 1 atom stereocenters. The van der Waals surface area contributed by atoms with Crippen molar-refractivity contribution in [1.29, 1.82) is 0 Å². The summed E-state index contributed by atoms with van der Waals surface area (Å²) in [6.45, 7) is 1.77. The van der Waals surface area contributed by atoms with Gasteiger partial charge in [-0.05, 0) is 26.5 Å². The van der Waals surface area contributed by atoms with Crippen LogP contribution >= 0.6 is 0 Å². The molecule has 0 aliphatic carbocycles. The number of ether oxygens (including phenoxy) is 1. The van der Waals surface area contributed by atoms with Crippen molar-refractivity contribution < 1.29 is 22.3 Å². The molecule has 0 bridgehead atoms. The van der Waals surface area contributed by atoms with E-state index in [0.29, 0.717) is 0 Å². The van der Waals surface area contributed by atoms with Crippen LogP contribution in [0.1, 0.15) is 31.4 Å². The summed E-state index contributed by atoms with van der Waals surface area (Å²) in [7, 11) is 1.74. The highest BCUT2D eigenvalue weighted by molar-refractivity contribution is 5.36. The van der Waals surface area contributed by atoms with Gasteiger partial charge in [0.15, 0.2) is 0 Å². The highest BCUT2D eigenvalue weighted by Crippen LogP contribution is 2.27. The highest BCUT2D eigenvalue weighted by Gasteiger charge is 2.26. The molecule has 0 aliphatic rings. The highest BCUT2D eigenvalue weighted by atomic mass is 19.4. The fourth-order valence-corrected chi connectivity index (χ4v) is 1.60. The number of benzene rings is 1. The number of alkyl halides is 3. The molecule has 0 aliphatic heterocycles. The van der Waals surface area contributed by atoms with Gasteiger partial charge in [-0.2, -0.15) is 13.2 Å². The second-order valence-electron chi connectivity index (χ2n) is 4.26. The molecule has 0 spiro atoms. The van der Waals surface area contributed by atoms with Gasteiger partial charge in [0.2, 0.25) is 0 Å². The first-order valence-corrected chi connectivity index (χ1v) is 6.00. The topological polar surface area (TPSA) is 21.3 Å². The zero-order valence-electron chi connectivity index (χ0n) is 10.9. The van der Waals surface area contributed by atoms with Crippen molar-refractivity contribution >= 4 is 0 Å². The predicted molar refractivity (Wildman–Crippen MR) is 64.7 cm³/mol. The third-order valence-electron chi connectivity index (χ3n) is 2.74. The molecule has 0 radical (unpaired) electrons. The van der Waals surface area contributed by atoms with Gasteiger partial charge in [-0.1, -0.05) is 6.07 Å². The molecule has 0 heterocycles. The molecule has 1 unspecified atom stereocenters. The van der Waals surface area contributed by atoms with Crippen LogP contribution in [0.3, 0.4) is 0 Å². The molecule has 19 heavy (non-hydrogen) atoms. The van der Waals surface area contributed by atoms with E-state index < -0.39 is 18.4 Å². The summed E-state index contributed by atoms with van der Waals surface area (Å²) in [6.07, 6.45) is -5.24. The van der Waals surface area contributed by atoms with E-state index in [1.165, 1.54) is 12.1 Å². The fraction of sp³-hybridized carbons (Fsp3) is 0.538. The summed E-state index contributed by atoms with van der Waals surface area (Å²) in [4.78, 5) is 0. The second kappa shape index (κ2) is 6.75. The van der Waals surface area contributed by atoms with Crippen molar-refractivity contribution in [2.24, 2.45) is 0 Å². The van der Waals surface area contributed by atoms with E-state index in [1.54, 1.807) is 13.1 Å². The molecular weight excluding hydrogens is 262 g/mol. The summed E-state index contributed by atoms with van der Waals surface area (Å²) in [5.74, 6) is -0.193. The van der Waals surface area contributed by atoms with E-state index in [2.05, 4.69) is 5.32 Å². The zero-order valence-corrected chi connectivity index (χ0v) is 10.9. The molecule has 0 aromatic heterocycles. The molecule has 0 saturated carbocycles. The van der Waals surface area contributed by atoms with Crippen LogP contribution in [-0.2, 0) is 0 Å². The predicted octanol–water partition coefficient (Wildman–Crippen LogP) is 3.83. The van der Waals surface area contributed by atoms with Gasteiger partial charge < -0.3 is 10.1 Å². The van der Waals surface area contributed by atoms with Crippen molar-refractivity contribution in [3.8, 4) is 5.75 Å². The van der Waals surface area contributed by atoms with Gasteiger partial charge in [0.05, 0.1) is 6.61 Å². The minimum absolute atomic E-state index is 0.0711. The molecule has 0 fully saturated rings. The van der Waals surface area contributed by atoms with Crippen molar-refractivity contribution in [1.82, 2.24) is 5.32 Å². The standard InChI is InChI=1S/C13H17F4NO/c1-9(18-2)11-5-4-10(14)8-12(11)19-7-3-6-13(15,16)17/h4-5,8-9,18H,3,6-7H2,1-2H3. The lowest BCUT2D eigenvalue weighted by Gasteiger charge is -2.16. The van der Waals surface area contributed by atoms with Crippen molar-refractivity contribution in [2.75, 3.05) is 13.7 Å². The molecule has 1 aromatic rings. The first-order valence-electron chi connectivity index (χ1n) is 6.00. The number of halogens is 4. The Morgan fingerprint density at radius 1 is 1.32 bits per heavy atom. The average Bonchev–Trinajstić information content (AvgIpc) is 2.33. The summed E-state index contributed by atoms with van der Waals surface area (Å²) in [5.41, 5.74) is 0.718. The van der Waals surface area contributed by atoms with Gasteiger partial charge in [0.1, 0.15) is 11.6 Å². The first-order chi connectivity index (χ1) is 8.83. The van der Waals surface area contributed by atoms with Gasteiger partial charge in [-0.15, -0.1) is 0 Å². The third kappa shape index (κ3) is 5.46. The molecular formula is C13H17F4NO. The van der Waals surface area contributed by atoms with E-state index in [9.17, 15) is 17.6 Å². The number of hydrogen-bond donors (Lipinski definition) is 1. The molecule has 2 nitrogen and oxygen atoms in total. The quantitative estimate of drug-likeness (QED) is 0.631. The minimum Gasteiger partial charge on any atom is -0.493 e. The second-order valence-corrected chi connectivity index (χ2v) is 4.26. The average molecular weight is 279 g/mol. The van der Waals surface area contributed by atoms with Gasteiger partial charge in [-0.25, -0.2) is 4.39 Å². The Morgan fingerprint density at radius 3 is 2.58 bits per heavy atom. The maximum atomic E-state index is 13.1. The van der Waals surface area contributed by atoms with Crippen LogP contribution in [0.25, 0.3) is 0 Å².